The van der Waals surface area contributed by atoms with E-state index in [1.165, 1.54) is 4.90 Å². The highest BCUT2D eigenvalue weighted by molar-refractivity contribution is 6.03. The number of hydrogen-bond acceptors (Lipinski definition) is 8. The van der Waals surface area contributed by atoms with Crippen LogP contribution in [0.25, 0.3) is 11.0 Å². The van der Waals surface area contributed by atoms with E-state index in [1.807, 2.05) is 76.2 Å². The first-order chi connectivity index (χ1) is 24.1. The minimum absolute atomic E-state index is 0.0578. The van der Waals surface area contributed by atoms with Gasteiger partial charge in [0, 0.05) is 18.8 Å². The number of aliphatic hydroxyl groups is 1. The molecule has 3 fully saturated rings. The number of aromatic nitrogens is 3. The van der Waals surface area contributed by atoms with Gasteiger partial charge in [-0.25, -0.2) is 4.68 Å². The van der Waals surface area contributed by atoms with Crippen molar-refractivity contribution in [2.45, 2.75) is 76.9 Å². The molecule has 266 valence electrons. The number of para-hydroxylation sites is 1. The molecule has 12 heteroatoms. The molecule has 1 aromatic heterocycles. The second-order valence-electron chi connectivity index (χ2n) is 13.8. The summed E-state index contributed by atoms with van der Waals surface area (Å²) in [5.74, 6) is -2.25. The van der Waals surface area contributed by atoms with Crippen LogP contribution in [0.5, 0.6) is 5.75 Å². The minimum Gasteiger partial charge on any atom is -0.494 e. The molecule has 0 aliphatic carbocycles. The van der Waals surface area contributed by atoms with Crippen molar-refractivity contribution in [3.8, 4) is 5.75 Å². The van der Waals surface area contributed by atoms with E-state index >= 15 is 4.79 Å². The van der Waals surface area contributed by atoms with Crippen LogP contribution >= 0.6 is 0 Å². The molecule has 1 spiro atoms. The number of carbonyl (C=O) groups is 3. The molecule has 4 heterocycles. The van der Waals surface area contributed by atoms with Gasteiger partial charge in [0.05, 0.1) is 42.2 Å². The molecule has 0 saturated carbocycles. The van der Waals surface area contributed by atoms with E-state index in [1.54, 1.807) is 26.6 Å². The zero-order valence-corrected chi connectivity index (χ0v) is 29.4. The third-order valence-corrected chi connectivity index (χ3v) is 10.9. The minimum atomic E-state index is -1.28. The number of rotatable bonds is 15. The standard InChI is InChI=1S/C38H48N6O6/c1-7-21-41(24-43-29-14-12-11-13-28(29)39-40-43)36(48)33-38-20-19-37(9-3,50-38)31(32(38)35(47)44(33)30(23-45)25(5)6)34(46)42(22-8-2)26-15-17-27(18-16-26)49-10-4/h7-8,11-18,25,30-33,45H,1-2,9-10,19-24H2,3-6H3/t30-,31-,32-,33?,37+,38?/m0/s1. The lowest BCUT2D eigenvalue weighted by Crippen LogP contribution is -2.59. The Bertz CT molecular complexity index is 1760. The van der Waals surface area contributed by atoms with Gasteiger partial charge in [0.25, 0.3) is 0 Å². The van der Waals surface area contributed by atoms with Gasteiger partial charge in [-0.3, -0.25) is 14.4 Å². The van der Waals surface area contributed by atoms with Gasteiger partial charge in [-0.2, -0.15) is 0 Å². The molecule has 6 atom stereocenters. The Morgan fingerprint density at radius 2 is 1.80 bits per heavy atom. The van der Waals surface area contributed by atoms with E-state index in [2.05, 4.69) is 23.5 Å². The van der Waals surface area contributed by atoms with Gasteiger partial charge >= 0.3 is 0 Å². The molecular weight excluding hydrogens is 636 g/mol. The van der Waals surface area contributed by atoms with Gasteiger partial charge in [0.2, 0.25) is 17.7 Å². The predicted octanol–water partition coefficient (Wildman–Crippen LogP) is 4.19. The van der Waals surface area contributed by atoms with Crippen LogP contribution in [0.2, 0.25) is 0 Å². The van der Waals surface area contributed by atoms with Crippen LogP contribution in [0.4, 0.5) is 5.69 Å². The van der Waals surface area contributed by atoms with Crippen molar-refractivity contribution in [1.29, 1.82) is 0 Å². The molecule has 12 nitrogen and oxygen atoms in total. The average Bonchev–Trinajstić information content (AvgIpc) is 3.85. The molecule has 3 saturated heterocycles. The normalized spacial score (nSPS) is 25.9. The highest BCUT2D eigenvalue weighted by atomic mass is 16.5. The van der Waals surface area contributed by atoms with Gasteiger partial charge in [0.1, 0.15) is 29.6 Å². The number of anilines is 1. The van der Waals surface area contributed by atoms with Gasteiger partial charge < -0.3 is 29.3 Å². The van der Waals surface area contributed by atoms with Crippen molar-refractivity contribution in [3.05, 3.63) is 73.8 Å². The van der Waals surface area contributed by atoms with Crippen molar-refractivity contribution in [2.24, 2.45) is 17.8 Å². The Labute approximate surface area is 293 Å². The topological polar surface area (TPSA) is 130 Å². The van der Waals surface area contributed by atoms with Crippen LogP contribution in [0.1, 0.15) is 47.0 Å². The van der Waals surface area contributed by atoms with Crippen LogP contribution in [0.3, 0.4) is 0 Å². The van der Waals surface area contributed by atoms with Crippen LogP contribution in [-0.2, 0) is 25.8 Å². The van der Waals surface area contributed by atoms with Gasteiger partial charge in [-0.15, -0.1) is 18.3 Å². The summed E-state index contributed by atoms with van der Waals surface area (Å²) in [5.41, 5.74) is -0.148. The summed E-state index contributed by atoms with van der Waals surface area (Å²) in [5, 5.41) is 19.3. The predicted molar refractivity (Wildman–Crippen MR) is 189 cm³/mol. The summed E-state index contributed by atoms with van der Waals surface area (Å²) in [7, 11) is 0. The first kappa shape index (κ1) is 35.3. The quantitative estimate of drug-likeness (QED) is 0.236. The number of hydrogen-bond donors (Lipinski definition) is 1. The Hall–Kier alpha value is -4.55. The van der Waals surface area contributed by atoms with Crippen LogP contribution < -0.4 is 9.64 Å². The van der Waals surface area contributed by atoms with Crippen molar-refractivity contribution in [2.75, 3.05) is 31.2 Å². The van der Waals surface area contributed by atoms with E-state index in [0.29, 0.717) is 42.8 Å². The molecule has 0 radical (unpaired) electrons. The number of nitrogens with zero attached hydrogens (tertiary/aromatic N) is 6. The van der Waals surface area contributed by atoms with Crippen molar-refractivity contribution in [3.63, 3.8) is 0 Å². The van der Waals surface area contributed by atoms with Crippen LogP contribution in [0.15, 0.2) is 73.8 Å². The second kappa shape index (κ2) is 14.0. The second-order valence-corrected chi connectivity index (χ2v) is 13.8. The third-order valence-electron chi connectivity index (χ3n) is 10.9. The summed E-state index contributed by atoms with van der Waals surface area (Å²) in [6.45, 7) is 16.1. The maximum atomic E-state index is 15.1. The number of ether oxygens (including phenoxy) is 2. The number of aliphatic hydroxyl groups excluding tert-OH is 1. The van der Waals surface area contributed by atoms with E-state index in [4.69, 9.17) is 9.47 Å². The molecule has 50 heavy (non-hydrogen) atoms. The fraction of sp³-hybridized carbons (Fsp3) is 0.500. The van der Waals surface area contributed by atoms with Gasteiger partial charge in [0.15, 0.2) is 0 Å². The van der Waals surface area contributed by atoms with Gasteiger partial charge in [-0.1, -0.05) is 50.3 Å². The Morgan fingerprint density at radius 3 is 2.44 bits per heavy atom. The van der Waals surface area contributed by atoms with Crippen molar-refractivity contribution < 1.29 is 29.0 Å². The third kappa shape index (κ3) is 5.58. The maximum absolute atomic E-state index is 15.1. The number of carbonyl (C=O) groups excluding carboxylic acids is 3. The average molecular weight is 685 g/mol. The number of amides is 3. The largest absolute Gasteiger partial charge is 0.494 e. The van der Waals surface area contributed by atoms with E-state index in [0.717, 1.165) is 5.52 Å². The molecular formula is C38H48N6O6. The Morgan fingerprint density at radius 1 is 1.08 bits per heavy atom. The molecule has 3 aromatic rings. The van der Waals surface area contributed by atoms with Crippen molar-refractivity contribution >= 4 is 34.4 Å². The van der Waals surface area contributed by atoms with E-state index in [9.17, 15) is 14.7 Å². The molecule has 3 aliphatic rings. The fourth-order valence-corrected chi connectivity index (χ4v) is 8.53. The molecule has 1 N–H and O–H groups in total. The summed E-state index contributed by atoms with van der Waals surface area (Å²) >= 11 is 0. The monoisotopic (exact) mass is 684 g/mol. The number of benzene rings is 2. The zero-order chi connectivity index (χ0) is 35.8. The van der Waals surface area contributed by atoms with Gasteiger partial charge in [-0.05, 0) is 68.5 Å². The number of likely N-dealkylation sites (tertiary alicyclic amines) is 1. The molecule has 2 aromatic carbocycles. The lowest BCUT2D eigenvalue weighted by molar-refractivity contribution is -0.158. The summed E-state index contributed by atoms with van der Waals surface area (Å²) in [6.07, 6.45) is 4.70. The lowest BCUT2D eigenvalue weighted by Gasteiger charge is -2.40. The highest BCUT2D eigenvalue weighted by Gasteiger charge is 2.79. The van der Waals surface area contributed by atoms with E-state index in [-0.39, 0.29) is 50.0 Å². The SMILES string of the molecule is C=CCN(Cn1nnc2ccccc21)C(=O)C1N([C@@H](CO)C(C)C)C(=O)[C@@H]2[C@@H](C(=O)N(CC=C)c3ccc(OCC)cc3)[C@@]3(CC)CCC12O3. The smallest absolute Gasteiger partial charge is 0.250 e. The van der Waals surface area contributed by atoms with Crippen LogP contribution in [0, 0.1) is 17.8 Å². The Balaban J connectivity index is 1.44. The Kier molecular flexibility index (Phi) is 9.87. The van der Waals surface area contributed by atoms with Crippen molar-refractivity contribution in [1.82, 2.24) is 24.8 Å². The summed E-state index contributed by atoms with van der Waals surface area (Å²) < 4.78 is 14.3. The fourth-order valence-electron chi connectivity index (χ4n) is 8.53. The summed E-state index contributed by atoms with van der Waals surface area (Å²) in [4.78, 5) is 49.8. The first-order valence-electron chi connectivity index (χ1n) is 17.6. The molecule has 3 amide bonds. The number of fused-ring (bicyclic) bond motifs is 2. The maximum Gasteiger partial charge on any atom is 0.250 e. The zero-order valence-electron chi connectivity index (χ0n) is 29.4. The molecule has 3 aliphatic heterocycles. The first-order valence-corrected chi connectivity index (χ1v) is 17.6. The highest BCUT2D eigenvalue weighted by Crippen LogP contribution is 2.65. The molecule has 2 unspecified atom stereocenters. The van der Waals surface area contributed by atoms with Crippen LogP contribution in [-0.4, -0.2) is 97.2 Å². The molecule has 6 rings (SSSR count). The van der Waals surface area contributed by atoms with E-state index < -0.39 is 35.1 Å². The molecule has 2 bridgehead atoms. The summed E-state index contributed by atoms with van der Waals surface area (Å²) in [6, 6.07) is 13.0. The lowest BCUT2D eigenvalue weighted by atomic mass is 9.64.